The minimum Gasteiger partial charge on any atom is -0.391 e. The second kappa shape index (κ2) is 17.2. The molecular formula is C43H51N9O5S. The number of aliphatic hydroxyl groups excluding tert-OH is 1. The number of hydrazine groups is 1. The van der Waals surface area contributed by atoms with Crippen molar-refractivity contribution in [3.05, 3.63) is 100 Å². The van der Waals surface area contributed by atoms with E-state index < -0.39 is 35.4 Å². The van der Waals surface area contributed by atoms with E-state index in [1.807, 2.05) is 75.7 Å². The number of aromatic nitrogens is 3. The number of rotatable bonds is 12. The van der Waals surface area contributed by atoms with Gasteiger partial charge in [0.2, 0.25) is 11.8 Å². The summed E-state index contributed by atoms with van der Waals surface area (Å²) < 4.78 is 0. The average molecular weight is 806 g/mol. The zero-order valence-electron chi connectivity index (χ0n) is 33.5. The number of thiazole rings is 1. The van der Waals surface area contributed by atoms with Gasteiger partial charge in [0.05, 0.1) is 39.8 Å². The van der Waals surface area contributed by atoms with Crippen LogP contribution in [0, 0.1) is 12.3 Å². The van der Waals surface area contributed by atoms with Gasteiger partial charge < -0.3 is 25.6 Å². The molecule has 0 saturated carbocycles. The third kappa shape index (κ3) is 9.28. The number of aliphatic hydroxyl groups is 1. The predicted molar refractivity (Wildman–Crippen MR) is 224 cm³/mol. The van der Waals surface area contributed by atoms with Gasteiger partial charge in [0.25, 0.3) is 11.8 Å². The molecule has 2 aromatic heterocycles. The number of imidazole rings is 1. The molecule has 5 aromatic rings. The largest absolute Gasteiger partial charge is 0.391 e. The number of aromatic amines is 1. The van der Waals surface area contributed by atoms with Gasteiger partial charge in [0, 0.05) is 42.4 Å². The molecule has 2 saturated heterocycles. The van der Waals surface area contributed by atoms with Crippen LogP contribution in [0.15, 0.2) is 72.2 Å². The van der Waals surface area contributed by atoms with Crippen molar-refractivity contribution in [1.82, 2.24) is 40.9 Å². The van der Waals surface area contributed by atoms with Crippen LogP contribution in [-0.2, 0) is 22.7 Å². The lowest BCUT2D eigenvalue weighted by Gasteiger charge is -2.35. The van der Waals surface area contributed by atoms with E-state index in [1.54, 1.807) is 23.5 Å². The van der Waals surface area contributed by atoms with Crippen molar-refractivity contribution >= 4 is 51.7 Å². The number of nitrogens with one attached hydrogen (secondary N) is 5. The molecule has 0 aliphatic carbocycles. The minimum absolute atomic E-state index is 0.0135. The van der Waals surface area contributed by atoms with Crippen molar-refractivity contribution in [1.29, 1.82) is 0 Å². The zero-order chi connectivity index (χ0) is 41.1. The monoisotopic (exact) mass is 805 g/mol. The number of likely N-dealkylation sites (tertiary alicyclic amines) is 2. The van der Waals surface area contributed by atoms with Crippen LogP contribution in [0.2, 0.25) is 0 Å². The Hall–Kier alpha value is -5.48. The number of aryl methyl sites for hydroxylation is 1. The van der Waals surface area contributed by atoms with Crippen LogP contribution >= 0.6 is 11.3 Å². The number of carbonyl (C=O) groups excluding carboxylic acids is 4. The molecule has 14 nitrogen and oxygen atoms in total. The number of β-amino-alcohol motifs (C(OH)–C–C–N with tert-alkyl or cyclic N) is 1. The highest BCUT2D eigenvalue weighted by atomic mass is 32.1. The van der Waals surface area contributed by atoms with Gasteiger partial charge in [-0.05, 0) is 92.2 Å². The Morgan fingerprint density at radius 2 is 1.72 bits per heavy atom. The molecule has 2 aliphatic rings. The highest BCUT2D eigenvalue weighted by Crippen LogP contribution is 2.29. The van der Waals surface area contributed by atoms with Crippen LogP contribution < -0.4 is 21.5 Å². The Morgan fingerprint density at radius 3 is 2.38 bits per heavy atom. The van der Waals surface area contributed by atoms with E-state index in [2.05, 4.69) is 43.3 Å². The third-order valence-electron chi connectivity index (χ3n) is 11.0. The fraction of sp³-hybridized carbons (Fsp3) is 0.395. The molecule has 15 heteroatoms. The summed E-state index contributed by atoms with van der Waals surface area (Å²) in [6.07, 6.45) is 1.61. The maximum absolute atomic E-state index is 14.0. The van der Waals surface area contributed by atoms with Gasteiger partial charge in [-0.25, -0.2) is 15.4 Å². The Bertz CT molecular complexity index is 2280. The number of benzene rings is 3. The standard InChI is InChI=1S/C43H51N9O5S/c1-25-7-6-18-51(25)23-36-47-33-17-16-31(19-34(33)48-36)46-39(54)29-12-14-30(15-13-29)40(55)50-49-38(43(3,4)5)42(57)52-22-32(53)20-35(52)41(56)44-21-27-8-10-28(11-9-27)37-26(2)45-24-58-37/h8-17,19,24-25,32,35,38,49,53H,6-7,18,20-23H2,1-5H3,(H,44,56)(H,46,54)(H,47,48)(H,50,55)/t25-,32+,35-,38+/m0/s1. The first kappa shape index (κ1) is 40.7. The van der Waals surface area contributed by atoms with Crippen LogP contribution in [0.1, 0.15) is 84.8 Å². The van der Waals surface area contributed by atoms with Crippen molar-refractivity contribution in [3.63, 3.8) is 0 Å². The van der Waals surface area contributed by atoms with Crippen LogP contribution in [0.4, 0.5) is 5.69 Å². The maximum Gasteiger partial charge on any atom is 0.265 e. The minimum atomic E-state index is -0.933. The number of fused-ring (bicyclic) bond motifs is 1. The second-order valence-corrected chi connectivity index (χ2v) is 17.2. The molecule has 7 rings (SSSR count). The van der Waals surface area contributed by atoms with Gasteiger partial charge in [-0.2, -0.15) is 0 Å². The quantitative estimate of drug-likeness (QED) is 0.0928. The van der Waals surface area contributed by atoms with E-state index in [1.165, 1.54) is 29.9 Å². The summed E-state index contributed by atoms with van der Waals surface area (Å²) in [4.78, 5) is 71.2. The van der Waals surface area contributed by atoms with E-state index in [0.717, 1.165) is 51.6 Å². The summed E-state index contributed by atoms with van der Waals surface area (Å²) in [5.74, 6) is -0.740. The molecule has 6 N–H and O–H groups in total. The molecule has 0 unspecified atom stereocenters. The van der Waals surface area contributed by atoms with Gasteiger partial charge in [-0.1, -0.05) is 45.0 Å². The smallest absolute Gasteiger partial charge is 0.265 e. The van der Waals surface area contributed by atoms with E-state index in [9.17, 15) is 24.3 Å². The summed E-state index contributed by atoms with van der Waals surface area (Å²) in [6, 6.07) is 18.3. The maximum atomic E-state index is 14.0. The van der Waals surface area contributed by atoms with E-state index >= 15 is 0 Å². The zero-order valence-corrected chi connectivity index (χ0v) is 34.3. The first-order chi connectivity index (χ1) is 27.7. The molecule has 4 heterocycles. The summed E-state index contributed by atoms with van der Waals surface area (Å²) in [7, 11) is 0. The molecule has 4 atom stereocenters. The van der Waals surface area contributed by atoms with Gasteiger partial charge in [-0.3, -0.25) is 29.5 Å². The number of amides is 4. The average Bonchev–Trinajstić information content (AvgIpc) is 4.00. The van der Waals surface area contributed by atoms with Crippen LogP contribution in [-0.4, -0.2) is 90.8 Å². The number of nitrogens with zero attached hydrogens (tertiary/aromatic N) is 4. The summed E-state index contributed by atoms with van der Waals surface area (Å²) in [5, 5.41) is 16.4. The number of H-pyrrole nitrogens is 1. The number of hydrogen-bond acceptors (Lipinski definition) is 10. The normalized spacial score (nSPS) is 19.0. The highest BCUT2D eigenvalue weighted by Gasteiger charge is 2.44. The van der Waals surface area contributed by atoms with Crippen molar-refractivity contribution < 1.29 is 24.3 Å². The molecule has 304 valence electrons. The molecular weight excluding hydrogens is 755 g/mol. The van der Waals surface area contributed by atoms with E-state index in [4.69, 9.17) is 4.98 Å². The molecule has 3 aromatic carbocycles. The third-order valence-corrected chi connectivity index (χ3v) is 12.0. The highest BCUT2D eigenvalue weighted by molar-refractivity contribution is 7.13. The topological polar surface area (TPSA) is 185 Å². The molecule has 4 amide bonds. The SMILES string of the molecule is Cc1ncsc1-c1ccc(CNC(=O)[C@@H]2C[C@@H](O)CN2C(=O)[C@@H](NNC(=O)c2ccc(C(=O)Nc3ccc4nc(CN5CCC[C@@H]5C)[nH]c4c3)cc2)C(C)(C)C)cc1. The van der Waals surface area contributed by atoms with Crippen LogP contribution in [0.3, 0.4) is 0 Å². The summed E-state index contributed by atoms with van der Waals surface area (Å²) in [6.45, 7) is 11.8. The molecule has 0 radical (unpaired) electrons. The Labute approximate surface area is 341 Å². The van der Waals surface area contributed by atoms with Gasteiger partial charge in [0.15, 0.2) is 0 Å². The molecule has 2 aliphatic heterocycles. The van der Waals surface area contributed by atoms with Gasteiger partial charge >= 0.3 is 0 Å². The lowest BCUT2D eigenvalue weighted by Crippen LogP contribution is -2.60. The first-order valence-corrected chi connectivity index (χ1v) is 20.6. The van der Waals surface area contributed by atoms with Crippen molar-refractivity contribution in [3.8, 4) is 10.4 Å². The Kier molecular flexibility index (Phi) is 12.0. The lowest BCUT2D eigenvalue weighted by atomic mass is 9.86. The van der Waals surface area contributed by atoms with Crippen molar-refractivity contribution in [2.75, 3.05) is 18.4 Å². The predicted octanol–water partition coefficient (Wildman–Crippen LogP) is 5.16. The Morgan fingerprint density at radius 1 is 1.00 bits per heavy atom. The summed E-state index contributed by atoms with van der Waals surface area (Å²) in [5.41, 5.74) is 12.5. The van der Waals surface area contributed by atoms with Gasteiger partial charge in [0.1, 0.15) is 17.9 Å². The fourth-order valence-electron chi connectivity index (χ4n) is 7.60. The van der Waals surface area contributed by atoms with Crippen molar-refractivity contribution in [2.24, 2.45) is 5.41 Å². The number of anilines is 1. The lowest BCUT2D eigenvalue weighted by molar-refractivity contribution is -0.142. The second-order valence-electron chi connectivity index (χ2n) is 16.4. The first-order valence-electron chi connectivity index (χ1n) is 19.7. The van der Waals surface area contributed by atoms with Gasteiger partial charge in [-0.15, -0.1) is 11.3 Å². The molecule has 0 spiro atoms. The molecule has 2 fully saturated rings. The van der Waals surface area contributed by atoms with E-state index in [-0.39, 0.29) is 36.9 Å². The van der Waals surface area contributed by atoms with Crippen LogP contribution in [0.25, 0.3) is 21.5 Å². The summed E-state index contributed by atoms with van der Waals surface area (Å²) >= 11 is 1.57. The molecule has 58 heavy (non-hydrogen) atoms. The van der Waals surface area contributed by atoms with Crippen LogP contribution in [0.5, 0.6) is 0 Å². The number of carbonyl (C=O) groups is 4. The molecule has 0 bridgehead atoms. The number of hydrogen-bond donors (Lipinski definition) is 6. The van der Waals surface area contributed by atoms with Crippen molar-refractivity contribution in [2.45, 2.75) is 91.2 Å². The van der Waals surface area contributed by atoms with E-state index in [0.29, 0.717) is 17.3 Å². The fourth-order valence-corrected chi connectivity index (χ4v) is 8.41. The Balaban J connectivity index is 0.931.